The third-order valence-electron chi connectivity index (χ3n) is 2.90. The number of carboxylic acids is 1. The summed E-state index contributed by atoms with van der Waals surface area (Å²) >= 11 is 1.16. The lowest BCUT2D eigenvalue weighted by molar-refractivity contribution is -0.127. The predicted molar refractivity (Wildman–Crippen MR) is 70.3 cm³/mol. The molecular formula is C12H15N3O3S. The third kappa shape index (κ3) is 3.44. The van der Waals surface area contributed by atoms with E-state index >= 15 is 0 Å². The fourth-order valence-corrected chi connectivity index (χ4v) is 2.83. The molecule has 0 aliphatic carbocycles. The average Bonchev–Trinajstić information content (AvgIpc) is 2.89. The molecule has 2 rings (SSSR count). The zero-order valence-corrected chi connectivity index (χ0v) is 11.4. The molecule has 0 saturated carbocycles. The fraction of sp³-hybridized carbons (Fsp3) is 0.500. The van der Waals surface area contributed by atoms with E-state index in [1.165, 1.54) is 6.20 Å². The number of aryl methyl sites for hydroxylation is 1. The average molecular weight is 281 g/mol. The molecule has 2 heterocycles. The molecule has 0 radical (unpaired) electrons. The van der Waals surface area contributed by atoms with Gasteiger partial charge in [-0.2, -0.15) is 0 Å². The molecule has 1 fully saturated rings. The number of rotatable bonds is 4. The van der Waals surface area contributed by atoms with E-state index in [2.05, 4.69) is 9.97 Å². The van der Waals surface area contributed by atoms with Crippen molar-refractivity contribution in [3.8, 4) is 0 Å². The van der Waals surface area contributed by atoms with Crippen molar-refractivity contribution in [1.29, 1.82) is 0 Å². The Bertz CT molecular complexity index is 501. The van der Waals surface area contributed by atoms with Gasteiger partial charge < -0.3 is 10.0 Å². The third-order valence-corrected chi connectivity index (χ3v) is 3.87. The van der Waals surface area contributed by atoms with Crippen molar-refractivity contribution in [3.63, 3.8) is 0 Å². The van der Waals surface area contributed by atoms with Crippen LogP contribution in [0.1, 0.15) is 29.0 Å². The molecule has 102 valence electrons. The predicted octanol–water partition coefficient (Wildman–Crippen LogP) is 1.20. The Morgan fingerprint density at radius 3 is 2.74 bits per heavy atom. The van der Waals surface area contributed by atoms with E-state index in [0.29, 0.717) is 10.9 Å². The number of nitrogens with zero attached hydrogens (tertiary/aromatic N) is 3. The summed E-state index contributed by atoms with van der Waals surface area (Å²) in [5.41, 5.74) is 0.0461. The summed E-state index contributed by atoms with van der Waals surface area (Å²) in [6.07, 6.45) is 3.38. The first-order chi connectivity index (χ1) is 9.08. The molecule has 1 aliphatic rings. The standard InChI is InChI=1S/C12H15N3O3S/c1-8-13-6-9(12(17)18)11(14-8)19-7-10(16)15-4-2-3-5-15/h6H,2-5,7H2,1H3,(H,17,18). The molecule has 0 spiro atoms. The zero-order chi connectivity index (χ0) is 13.8. The molecule has 0 aromatic carbocycles. The first-order valence-corrected chi connectivity index (χ1v) is 7.04. The van der Waals surface area contributed by atoms with Gasteiger partial charge in [0.25, 0.3) is 0 Å². The first-order valence-electron chi connectivity index (χ1n) is 6.05. The van der Waals surface area contributed by atoms with E-state index in [9.17, 15) is 9.59 Å². The van der Waals surface area contributed by atoms with Gasteiger partial charge in [0.05, 0.1) is 5.75 Å². The second-order valence-electron chi connectivity index (χ2n) is 4.32. The van der Waals surface area contributed by atoms with Crippen LogP contribution in [-0.2, 0) is 4.79 Å². The van der Waals surface area contributed by atoms with Crippen LogP contribution >= 0.6 is 11.8 Å². The van der Waals surface area contributed by atoms with Crippen LogP contribution in [-0.4, -0.2) is 50.7 Å². The van der Waals surface area contributed by atoms with E-state index in [-0.39, 0.29) is 17.2 Å². The van der Waals surface area contributed by atoms with E-state index in [1.807, 2.05) is 4.90 Å². The van der Waals surface area contributed by atoms with Crippen molar-refractivity contribution in [3.05, 3.63) is 17.6 Å². The van der Waals surface area contributed by atoms with Gasteiger partial charge in [0.1, 0.15) is 16.4 Å². The largest absolute Gasteiger partial charge is 0.478 e. The van der Waals surface area contributed by atoms with Gasteiger partial charge in [0.15, 0.2) is 0 Å². The number of thioether (sulfide) groups is 1. The molecule has 7 heteroatoms. The second kappa shape index (κ2) is 6.01. The molecule has 0 bridgehead atoms. The van der Waals surface area contributed by atoms with E-state index < -0.39 is 5.97 Å². The molecule has 1 aliphatic heterocycles. The SMILES string of the molecule is Cc1ncc(C(=O)O)c(SCC(=O)N2CCCC2)n1. The monoisotopic (exact) mass is 281 g/mol. The molecule has 1 aromatic heterocycles. The summed E-state index contributed by atoms with van der Waals surface area (Å²) in [6, 6.07) is 0. The normalized spacial score (nSPS) is 14.7. The van der Waals surface area contributed by atoms with Gasteiger partial charge >= 0.3 is 5.97 Å². The van der Waals surface area contributed by atoms with E-state index in [1.54, 1.807) is 6.92 Å². The van der Waals surface area contributed by atoms with Crippen LogP contribution in [0.15, 0.2) is 11.2 Å². The van der Waals surface area contributed by atoms with Crippen molar-refractivity contribution in [1.82, 2.24) is 14.9 Å². The number of carboxylic acid groups (broad SMARTS) is 1. The number of carbonyl (C=O) groups is 2. The minimum Gasteiger partial charge on any atom is -0.478 e. The molecule has 6 nitrogen and oxygen atoms in total. The highest BCUT2D eigenvalue weighted by atomic mass is 32.2. The Hall–Kier alpha value is -1.63. The smallest absolute Gasteiger partial charge is 0.340 e. The molecule has 0 unspecified atom stereocenters. The molecule has 1 saturated heterocycles. The number of hydrogen-bond donors (Lipinski definition) is 1. The summed E-state index contributed by atoms with van der Waals surface area (Å²) in [7, 11) is 0. The zero-order valence-electron chi connectivity index (χ0n) is 10.6. The number of aromatic carboxylic acids is 1. The number of likely N-dealkylation sites (tertiary alicyclic amines) is 1. The molecular weight excluding hydrogens is 266 g/mol. The summed E-state index contributed by atoms with van der Waals surface area (Å²) in [5, 5.41) is 9.40. The van der Waals surface area contributed by atoms with Crippen molar-refractivity contribution in [2.75, 3.05) is 18.8 Å². The van der Waals surface area contributed by atoms with Crippen molar-refractivity contribution in [2.24, 2.45) is 0 Å². The minimum absolute atomic E-state index is 0.0371. The van der Waals surface area contributed by atoms with E-state index in [4.69, 9.17) is 5.11 Å². The van der Waals surface area contributed by atoms with Gasteiger partial charge in [-0.1, -0.05) is 11.8 Å². The number of aromatic nitrogens is 2. The van der Waals surface area contributed by atoms with Crippen LogP contribution in [0, 0.1) is 6.92 Å². The Morgan fingerprint density at radius 2 is 2.11 bits per heavy atom. The molecule has 0 atom stereocenters. The highest BCUT2D eigenvalue weighted by Crippen LogP contribution is 2.21. The fourth-order valence-electron chi connectivity index (χ4n) is 1.89. The summed E-state index contributed by atoms with van der Waals surface area (Å²) in [5.74, 6) is -0.316. The molecule has 19 heavy (non-hydrogen) atoms. The van der Waals surface area contributed by atoms with Crippen LogP contribution in [0.3, 0.4) is 0 Å². The van der Waals surface area contributed by atoms with Crippen molar-refractivity contribution in [2.45, 2.75) is 24.8 Å². The van der Waals surface area contributed by atoms with Crippen molar-refractivity contribution >= 4 is 23.6 Å². The van der Waals surface area contributed by atoms with Crippen LogP contribution in [0.4, 0.5) is 0 Å². The number of hydrogen-bond acceptors (Lipinski definition) is 5. The van der Waals surface area contributed by atoms with Crippen molar-refractivity contribution < 1.29 is 14.7 Å². The maximum Gasteiger partial charge on any atom is 0.340 e. The van der Waals surface area contributed by atoms with Gasteiger partial charge in [-0.25, -0.2) is 14.8 Å². The highest BCUT2D eigenvalue weighted by Gasteiger charge is 2.20. The maximum atomic E-state index is 11.9. The Balaban J connectivity index is 2.04. The molecule has 1 N–H and O–H groups in total. The topological polar surface area (TPSA) is 83.4 Å². The lowest BCUT2D eigenvalue weighted by atomic mass is 10.3. The maximum absolute atomic E-state index is 11.9. The number of carbonyl (C=O) groups excluding carboxylic acids is 1. The van der Waals surface area contributed by atoms with Crippen LogP contribution in [0.2, 0.25) is 0 Å². The first kappa shape index (κ1) is 13.8. The summed E-state index contributed by atoms with van der Waals surface area (Å²) in [6.45, 7) is 3.29. The van der Waals surface area contributed by atoms with Crippen LogP contribution in [0.25, 0.3) is 0 Å². The van der Waals surface area contributed by atoms with Crippen LogP contribution < -0.4 is 0 Å². The van der Waals surface area contributed by atoms with Gasteiger partial charge in [0.2, 0.25) is 5.91 Å². The lowest BCUT2D eigenvalue weighted by Gasteiger charge is -2.14. The Labute approximate surface area is 115 Å². The second-order valence-corrected chi connectivity index (χ2v) is 5.28. The van der Waals surface area contributed by atoms with E-state index in [0.717, 1.165) is 37.7 Å². The summed E-state index contributed by atoms with van der Waals surface area (Å²) in [4.78, 5) is 32.7. The molecule has 1 amide bonds. The summed E-state index contributed by atoms with van der Waals surface area (Å²) < 4.78 is 0. The Morgan fingerprint density at radius 1 is 1.42 bits per heavy atom. The lowest BCUT2D eigenvalue weighted by Crippen LogP contribution is -2.29. The van der Waals surface area contributed by atoms with Gasteiger partial charge in [-0.05, 0) is 19.8 Å². The minimum atomic E-state index is -1.07. The van der Waals surface area contributed by atoms with Gasteiger partial charge in [0, 0.05) is 19.3 Å². The highest BCUT2D eigenvalue weighted by molar-refractivity contribution is 8.00. The van der Waals surface area contributed by atoms with Gasteiger partial charge in [-0.3, -0.25) is 4.79 Å². The van der Waals surface area contributed by atoms with Gasteiger partial charge in [-0.15, -0.1) is 0 Å². The molecule has 1 aromatic rings. The number of amides is 1. The quantitative estimate of drug-likeness (QED) is 0.659. The Kier molecular flexibility index (Phi) is 4.36. The van der Waals surface area contributed by atoms with Crippen LogP contribution in [0.5, 0.6) is 0 Å².